The molecule has 0 N–H and O–H groups in total. The van der Waals surface area contributed by atoms with Gasteiger partial charge in [-0.05, 0) is 48.4 Å². The van der Waals surface area contributed by atoms with Crippen molar-refractivity contribution < 1.29 is 4.52 Å². The normalized spacial score (nSPS) is 11.1. The highest BCUT2D eigenvalue weighted by Gasteiger charge is 2.15. The first-order valence-corrected chi connectivity index (χ1v) is 9.48. The Morgan fingerprint density at radius 2 is 1.89 bits per heavy atom. The second kappa shape index (κ2) is 7.32. The quantitative estimate of drug-likeness (QED) is 0.487. The van der Waals surface area contributed by atoms with Crippen LogP contribution in [0.5, 0.6) is 0 Å². The lowest BCUT2D eigenvalue weighted by Gasteiger charge is -2.07. The molecule has 0 bridgehead atoms. The zero-order valence-electron chi connectivity index (χ0n) is 15.2. The van der Waals surface area contributed by atoms with E-state index in [1.165, 1.54) is 17.3 Å². The topological polar surface area (TPSA) is 82.5 Å². The number of aryl methyl sites for hydroxylation is 3. The molecular weight excluding hydrogens is 360 g/mol. The summed E-state index contributed by atoms with van der Waals surface area (Å²) in [5.41, 5.74) is 5.35. The molecule has 2 heterocycles. The van der Waals surface area contributed by atoms with Crippen LogP contribution in [-0.4, -0.2) is 30.3 Å². The molecule has 27 heavy (non-hydrogen) atoms. The van der Waals surface area contributed by atoms with Crippen LogP contribution in [0.2, 0.25) is 0 Å². The van der Waals surface area contributed by atoms with Gasteiger partial charge >= 0.3 is 0 Å². The zero-order chi connectivity index (χ0) is 18.8. The number of hydrogen-bond acceptors (Lipinski definition) is 7. The van der Waals surface area contributed by atoms with Crippen molar-refractivity contribution in [2.45, 2.75) is 31.7 Å². The summed E-state index contributed by atoms with van der Waals surface area (Å²) in [4.78, 5) is 4.50. The summed E-state index contributed by atoms with van der Waals surface area (Å²) < 4.78 is 7.13. The van der Waals surface area contributed by atoms with E-state index in [0.29, 0.717) is 22.6 Å². The zero-order valence-corrected chi connectivity index (χ0v) is 16.1. The van der Waals surface area contributed by atoms with E-state index in [9.17, 15) is 0 Å². The standard InChI is InChI=1S/C19H18N6OS/c1-12-8-9-16(14(3)10-12)25-19(21-23-24-25)27-11-17-20-18(22-26-17)15-7-5-4-6-13(15)2/h4-10H,11H2,1-3H3. The minimum Gasteiger partial charge on any atom is -0.338 e. The third kappa shape index (κ3) is 3.61. The van der Waals surface area contributed by atoms with E-state index >= 15 is 0 Å². The molecular formula is C19H18N6OS. The Labute approximate surface area is 160 Å². The number of benzene rings is 2. The Balaban J connectivity index is 1.52. The largest absolute Gasteiger partial charge is 0.338 e. The van der Waals surface area contributed by atoms with Crippen LogP contribution in [0.1, 0.15) is 22.6 Å². The Bertz CT molecular complexity index is 1090. The third-order valence-corrected chi connectivity index (χ3v) is 5.10. The van der Waals surface area contributed by atoms with Gasteiger partial charge in [-0.1, -0.05) is 58.9 Å². The van der Waals surface area contributed by atoms with E-state index in [4.69, 9.17) is 4.52 Å². The Hall–Kier alpha value is -3.00. The smallest absolute Gasteiger partial charge is 0.237 e. The predicted molar refractivity (Wildman–Crippen MR) is 103 cm³/mol. The maximum absolute atomic E-state index is 5.40. The predicted octanol–water partition coefficient (Wildman–Crippen LogP) is 3.93. The molecule has 0 saturated heterocycles. The van der Waals surface area contributed by atoms with Crippen molar-refractivity contribution >= 4 is 11.8 Å². The summed E-state index contributed by atoms with van der Waals surface area (Å²) in [6.07, 6.45) is 0. The van der Waals surface area contributed by atoms with Gasteiger partial charge in [-0.15, -0.1) is 5.10 Å². The van der Waals surface area contributed by atoms with E-state index < -0.39 is 0 Å². The fourth-order valence-corrected chi connectivity index (χ4v) is 3.56. The minimum atomic E-state index is 0.490. The Morgan fingerprint density at radius 3 is 2.70 bits per heavy atom. The van der Waals surface area contributed by atoms with Gasteiger partial charge in [0.25, 0.3) is 0 Å². The number of hydrogen-bond donors (Lipinski definition) is 0. The van der Waals surface area contributed by atoms with E-state index in [2.05, 4.69) is 38.7 Å². The molecule has 7 nitrogen and oxygen atoms in total. The number of nitrogens with zero attached hydrogens (tertiary/aromatic N) is 6. The molecule has 0 amide bonds. The highest BCUT2D eigenvalue weighted by molar-refractivity contribution is 7.98. The molecule has 2 aromatic carbocycles. The Morgan fingerprint density at radius 1 is 1.04 bits per heavy atom. The lowest BCUT2D eigenvalue weighted by atomic mass is 10.1. The summed E-state index contributed by atoms with van der Waals surface area (Å²) in [7, 11) is 0. The molecule has 0 aliphatic rings. The van der Waals surface area contributed by atoms with Crippen LogP contribution in [0.3, 0.4) is 0 Å². The van der Waals surface area contributed by atoms with Gasteiger partial charge in [0.2, 0.25) is 16.9 Å². The molecule has 0 radical (unpaired) electrons. The average molecular weight is 378 g/mol. The molecule has 0 atom stereocenters. The first-order valence-electron chi connectivity index (χ1n) is 8.49. The fourth-order valence-electron chi connectivity index (χ4n) is 2.84. The van der Waals surface area contributed by atoms with Crippen LogP contribution < -0.4 is 0 Å². The van der Waals surface area contributed by atoms with Crippen LogP contribution in [0, 0.1) is 20.8 Å². The maximum atomic E-state index is 5.40. The molecule has 4 aromatic rings. The monoisotopic (exact) mass is 378 g/mol. The highest BCUT2D eigenvalue weighted by Crippen LogP contribution is 2.25. The summed E-state index contributed by atoms with van der Waals surface area (Å²) in [6.45, 7) is 6.14. The van der Waals surface area contributed by atoms with E-state index in [1.54, 1.807) is 4.68 Å². The summed E-state index contributed by atoms with van der Waals surface area (Å²) in [5.74, 6) is 1.62. The Kier molecular flexibility index (Phi) is 4.72. The van der Waals surface area contributed by atoms with Crippen molar-refractivity contribution in [3.63, 3.8) is 0 Å². The second-order valence-electron chi connectivity index (χ2n) is 6.28. The van der Waals surface area contributed by atoms with E-state index in [0.717, 1.165) is 22.4 Å². The molecule has 0 saturated carbocycles. The van der Waals surface area contributed by atoms with Crippen molar-refractivity contribution in [1.82, 2.24) is 30.3 Å². The molecule has 136 valence electrons. The number of rotatable bonds is 5. The molecule has 4 rings (SSSR count). The molecule has 0 aliphatic heterocycles. The molecule has 0 spiro atoms. The second-order valence-corrected chi connectivity index (χ2v) is 7.22. The third-order valence-electron chi connectivity index (χ3n) is 4.20. The number of aromatic nitrogens is 6. The van der Waals surface area contributed by atoms with Crippen molar-refractivity contribution in [2.24, 2.45) is 0 Å². The fraction of sp³-hybridized carbons (Fsp3) is 0.211. The lowest BCUT2D eigenvalue weighted by molar-refractivity contribution is 0.391. The number of thioether (sulfide) groups is 1. The molecule has 0 aliphatic carbocycles. The summed E-state index contributed by atoms with van der Waals surface area (Å²) >= 11 is 1.46. The van der Waals surface area contributed by atoms with Crippen molar-refractivity contribution in [3.8, 4) is 17.1 Å². The SMILES string of the molecule is Cc1ccc(-n2nnnc2SCc2nc(-c3ccccc3C)no2)c(C)c1. The van der Waals surface area contributed by atoms with Gasteiger partial charge < -0.3 is 4.52 Å². The van der Waals surface area contributed by atoms with Crippen LogP contribution in [0.15, 0.2) is 52.1 Å². The molecule has 0 fully saturated rings. The van der Waals surface area contributed by atoms with Crippen LogP contribution >= 0.6 is 11.8 Å². The van der Waals surface area contributed by atoms with Gasteiger partial charge in [-0.25, -0.2) is 0 Å². The van der Waals surface area contributed by atoms with Gasteiger partial charge in [0.1, 0.15) is 0 Å². The van der Waals surface area contributed by atoms with Gasteiger partial charge in [-0.2, -0.15) is 9.67 Å². The summed E-state index contributed by atoms with van der Waals surface area (Å²) in [6, 6.07) is 14.1. The molecule has 2 aromatic heterocycles. The van der Waals surface area contributed by atoms with Gasteiger partial charge in [-0.3, -0.25) is 0 Å². The first-order chi connectivity index (χ1) is 13.1. The average Bonchev–Trinajstić information content (AvgIpc) is 3.30. The lowest BCUT2D eigenvalue weighted by Crippen LogP contribution is -2.02. The van der Waals surface area contributed by atoms with Crippen LogP contribution in [-0.2, 0) is 5.75 Å². The first kappa shape index (κ1) is 17.4. The maximum Gasteiger partial charge on any atom is 0.237 e. The van der Waals surface area contributed by atoms with Crippen molar-refractivity contribution in [1.29, 1.82) is 0 Å². The molecule has 8 heteroatoms. The summed E-state index contributed by atoms with van der Waals surface area (Å²) in [5, 5.41) is 16.8. The van der Waals surface area contributed by atoms with Gasteiger partial charge in [0.05, 0.1) is 11.4 Å². The van der Waals surface area contributed by atoms with Gasteiger partial charge in [0.15, 0.2) is 0 Å². The van der Waals surface area contributed by atoms with Crippen molar-refractivity contribution in [2.75, 3.05) is 0 Å². The van der Waals surface area contributed by atoms with E-state index in [-0.39, 0.29) is 0 Å². The molecule has 0 unspecified atom stereocenters. The minimum absolute atomic E-state index is 0.490. The van der Waals surface area contributed by atoms with Crippen molar-refractivity contribution in [3.05, 3.63) is 65.0 Å². The van der Waals surface area contributed by atoms with Crippen LogP contribution in [0.4, 0.5) is 0 Å². The van der Waals surface area contributed by atoms with Gasteiger partial charge in [0, 0.05) is 5.56 Å². The number of tetrazole rings is 1. The highest BCUT2D eigenvalue weighted by atomic mass is 32.2. The van der Waals surface area contributed by atoms with Crippen LogP contribution in [0.25, 0.3) is 17.1 Å². The van der Waals surface area contributed by atoms with E-state index in [1.807, 2.05) is 50.2 Å².